The molecule has 112 valence electrons. The summed E-state index contributed by atoms with van der Waals surface area (Å²) in [5, 5.41) is 12.4. The highest BCUT2D eigenvalue weighted by atomic mass is 16.5. The molecule has 2 unspecified atom stereocenters. The number of nitrogens with two attached hydrogens (primary N) is 1. The molecule has 2 atom stereocenters. The Morgan fingerprint density at radius 2 is 2.29 bits per heavy atom. The number of hydrogen-bond donors (Lipinski definition) is 2. The zero-order valence-corrected chi connectivity index (χ0v) is 11.7. The summed E-state index contributed by atoms with van der Waals surface area (Å²) in [4.78, 5) is 10.6. The second-order valence-electron chi connectivity index (χ2n) is 4.93. The topological polar surface area (TPSA) is 97.4 Å². The van der Waals surface area contributed by atoms with E-state index >= 15 is 0 Å². The molecule has 21 heavy (non-hydrogen) atoms. The minimum Gasteiger partial charge on any atom is -0.484 e. The number of primary amides is 1. The van der Waals surface area contributed by atoms with Crippen molar-refractivity contribution >= 4 is 5.91 Å². The minimum atomic E-state index is -0.521. The van der Waals surface area contributed by atoms with Crippen molar-refractivity contribution in [2.75, 3.05) is 19.8 Å². The molecule has 2 rings (SSSR count). The maximum Gasteiger partial charge on any atom is 0.255 e. The fourth-order valence-electron chi connectivity index (χ4n) is 2.20. The molecule has 0 spiro atoms. The molecule has 1 aliphatic rings. The van der Waals surface area contributed by atoms with Gasteiger partial charge in [0.15, 0.2) is 6.61 Å². The van der Waals surface area contributed by atoms with Crippen LogP contribution >= 0.6 is 0 Å². The molecule has 1 aromatic carbocycles. The number of ether oxygens (including phenoxy) is 2. The highest BCUT2D eigenvalue weighted by molar-refractivity contribution is 5.75. The van der Waals surface area contributed by atoms with E-state index < -0.39 is 5.91 Å². The van der Waals surface area contributed by atoms with Crippen LogP contribution in [0.15, 0.2) is 24.3 Å². The van der Waals surface area contributed by atoms with Crippen LogP contribution in [0.25, 0.3) is 0 Å². The van der Waals surface area contributed by atoms with Crippen molar-refractivity contribution in [2.24, 2.45) is 5.73 Å². The lowest BCUT2D eigenvalue weighted by molar-refractivity contribution is -0.119. The van der Waals surface area contributed by atoms with E-state index in [0.717, 1.165) is 25.0 Å². The molecule has 3 N–H and O–H groups in total. The first-order valence-electron chi connectivity index (χ1n) is 6.94. The van der Waals surface area contributed by atoms with E-state index in [0.29, 0.717) is 12.3 Å². The van der Waals surface area contributed by atoms with Gasteiger partial charge in [0.25, 0.3) is 5.91 Å². The Kier molecular flexibility index (Phi) is 5.55. The van der Waals surface area contributed by atoms with Crippen LogP contribution in [-0.2, 0) is 9.53 Å². The minimum absolute atomic E-state index is 0.154. The van der Waals surface area contributed by atoms with Crippen molar-refractivity contribution in [1.29, 1.82) is 5.26 Å². The lowest BCUT2D eigenvalue weighted by Crippen LogP contribution is -2.29. The van der Waals surface area contributed by atoms with Gasteiger partial charge < -0.3 is 15.2 Å². The summed E-state index contributed by atoms with van der Waals surface area (Å²) in [7, 11) is 0. The number of hydrogen-bond acceptors (Lipinski definition) is 5. The summed E-state index contributed by atoms with van der Waals surface area (Å²) >= 11 is 0. The Balaban J connectivity index is 1.88. The fraction of sp³-hybridized carbons (Fsp3) is 0.467. The Labute approximate surface area is 123 Å². The molecular formula is C15H19N3O3. The van der Waals surface area contributed by atoms with Gasteiger partial charge in [-0.25, -0.2) is 0 Å². The Morgan fingerprint density at radius 1 is 1.52 bits per heavy atom. The van der Waals surface area contributed by atoms with Gasteiger partial charge in [-0.05, 0) is 30.5 Å². The molecule has 6 heteroatoms. The van der Waals surface area contributed by atoms with E-state index in [1.165, 1.54) is 0 Å². The SMILES string of the molecule is N#CC(NCC1CCCO1)c1ccc(OCC(N)=O)cc1. The number of nitrogens with zero attached hydrogens (tertiary/aromatic N) is 1. The number of benzene rings is 1. The summed E-state index contributed by atoms with van der Waals surface area (Å²) in [5.41, 5.74) is 5.86. The second kappa shape index (κ2) is 7.62. The third-order valence-electron chi connectivity index (χ3n) is 3.30. The van der Waals surface area contributed by atoms with Crippen LogP contribution in [0.1, 0.15) is 24.4 Å². The van der Waals surface area contributed by atoms with E-state index in [1.54, 1.807) is 24.3 Å². The van der Waals surface area contributed by atoms with Gasteiger partial charge in [-0.1, -0.05) is 12.1 Å². The molecule has 0 bridgehead atoms. The molecule has 1 fully saturated rings. The molecule has 1 amide bonds. The maximum atomic E-state index is 10.6. The Hall–Kier alpha value is -2.10. The van der Waals surface area contributed by atoms with Crippen molar-refractivity contribution in [3.63, 3.8) is 0 Å². The fourth-order valence-corrected chi connectivity index (χ4v) is 2.20. The van der Waals surface area contributed by atoms with Gasteiger partial charge in [0.1, 0.15) is 11.8 Å². The molecule has 1 heterocycles. The van der Waals surface area contributed by atoms with Crippen molar-refractivity contribution < 1.29 is 14.3 Å². The number of rotatable bonds is 7. The summed E-state index contributed by atoms with van der Waals surface area (Å²) in [6.07, 6.45) is 2.31. The first kappa shape index (κ1) is 15.3. The largest absolute Gasteiger partial charge is 0.484 e. The van der Waals surface area contributed by atoms with Crippen LogP contribution in [0.2, 0.25) is 0 Å². The first-order valence-corrected chi connectivity index (χ1v) is 6.94. The van der Waals surface area contributed by atoms with Gasteiger partial charge in [0.2, 0.25) is 0 Å². The number of carbonyl (C=O) groups is 1. The van der Waals surface area contributed by atoms with Crippen molar-refractivity contribution in [3.8, 4) is 11.8 Å². The van der Waals surface area contributed by atoms with Crippen molar-refractivity contribution in [3.05, 3.63) is 29.8 Å². The van der Waals surface area contributed by atoms with Crippen LogP contribution in [0.3, 0.4) is 0 Å². The molecule has 1 aliphatic heterocycles. The monoisotopic (exact) mass is 289 g/mol. The third-order valence-corrected chi connectivity index (χ3v) is 3.30. The molecular weight excluding hydrogens is 270 g/mol. The molecule has 6 nitrogen and oxygen atoms in total. The number of nitriles is 1. The maximum absolute atomic E-state index is 10.6. The van der Waals surface area contributed by atoms with Crippen LogP contribution in [0, 0.1) is 11.3 Å². The van der Waals surface area contributed by atoms with E-state index in [4.69, 9.17) is 15.2 Å². The van der Waals surface area contributed by atoms with E-state index in [1.807, 2.05) is 0 Å². The summed E-state index contributed by atoms with van der Waals surface area (Å²) < 4.78 is 10.7. The van der Waals surface area contributed by atoms with Crippen molar-refractivity contribution in [2.45, 2.75) is 25.0 Å². The molecule has 1 aromatic rings. The predicted octanol–water partition coefficient (Wildman–Crippen LogP) is 0.884. The molecule has 0 aliphatic carbocycles. The molecule has 0 radical (unpaired) electrons. The second-order valence-corrected chi connectivity index (χ2v) is 4.93. The van der Waals surface area contributed by atoms with Crippen LogP contribution in [0.4, 0.5) is 0 Å². The van der Waals surface area contributed by atoms with Crippen LogP contribution in [-0.4, -0.2) is 31.8 Å². The summed E-state index contributed by atoms with van der Waals surface area (Å²) in [5.74, 6) is 0.0283. The zero-order valence-electron chi connectivity index (χ0n) is 11.7. The van der Waals surface area contributed by atoms with Gasteiger partial charge in [0, 0.05) is 13.2 Å². The smallest absolute Gasteiger partial charge is 0.255 e. The number of carbonyl (C=O) groups excluding carboxylic acids is 1. The predicted molar refractivity (Wildman–Crippen MR) is 76.5 cm³/mol. The number of nitrogens with one attached hydrogen (secondary N) is 1. The lowest BCUT2D eigenvalue weighted by Gasteiger charge is -2.15. The van der Waals surface area contributed by atoms with E-state index in [-0.39, 0.29) is 18.8 Å². The van der Waals surface area contributed by atoms with Gasteiger partial charge >= 0.3 is 0 Å². The molecule has 0 saturated carbocycles. The first-order chi connectivity index (χ1) is 10.2. The average Bonchev–Trinajstić information content (AvgIpc) is 3.00. The van der Waals surface area contributed by atoms with E-state index in [2.05, 4.69) is 11.4 Å². The zero-order chi connectivity index (χ0) is 15.1. The molecule has 1 saturated heterocycles. The van der Waals surface area contributed by atoms with Gasteiger partial charge in [-0.2, -0.15) is 5.26 Å². The van der Waals surface area contributed by atoms with Gasteiger partial charge in [-0.15, -0.1) is 0 Å². The normalized spacial score (nSPS) is 18.9. The standard InChI is InChI=1S/C15H19N3O3/c16-8-14(18-9-13-2-1-7-20-13)11-3-5-12(6-4-11)21-10-15(17)19/h3-6,13-14,18H,1-2,7,9-10H2,(H2,17,19). The Bertz CT molecular complexity index is 504. The highest BCUT2D eigenvalue weighted by Gasteiger charge is 2.18. The Morgan fingerprint density at radius 3 is 2.86 bits per heavy atom. The quantitative estimate of drug-likeness (QED) is 0.776. The van der Waals surface area contributed by atoms with Gasteiger partial charge in [-0.3, -0.25) is 10.1 Å². The van der Waals surface area contributed by atoms with E-state index in [9.17, 15) is 10.1 Å². The van der Waals surface area contributed by atoms with Gasteiger partial charge in [0.05, 0.1) is 12.2 Å². The summed E-state index contributed by atoms with van der Waals surface area (Å²) in [6.45, 7) is 1.31. The van der Waals surface area contributed by atoms with Crippen molar-refractivity contribution in [1.82, 2.24) is 5.32 Å². The average molecular weight is 289 g/mol. The third kappa shape index (κ3) is 4.74. The lowest BCUT2D eigenvalue weighted by atomic mass is 10.1. The number of amides is 1. The molecule has 0 aromatic heterocycles. The highest BCUT2D eigenvalue weighted by Crippen LogP contribution is 2.18. The van der Waals surface area contributed by atoms with Crippen LogP contribution < -0.4 is 15.8 Å². The summed E-state index contributed by atoms with van der Waals surface area (Å²) in [6, 6.07) is 8.87. The van der Waals surface area contributed by atoms with Crippen LogP contribution in [0.5, 0.6) is 5.75 Å².